The lowest BCUT2D eigenvalue weighted by Gasteiger charge is -2.43. The minimum Gasteiger partial charge on any atom is -0.379 e. The van der Waals surface area contributed by atoms with Gasteiger partial charge >= 0.3 is 0 Å². The van der Waals surface area contributed by atoms with Crippen LogP contribution in [-0.4, -0.2) is 76.5 Å². The third kappa shape index (κ3) is 4.20. The molecule has 152 valence electrons. The number of benzene rings is 1. The highest BCUT2D eigenvalue weighted by atomic mass is 32.2. The van der Waals surface area contributed by atoms with E-state index in [1.54, 1.807) is 11.8 Å². The molecule has 2 aliphatic rings. The molecule has 4 rings (SSSR count). The number of morpholine rings is 1. The molecule has 2 fully saturated rings. The Morgan fingerprint density at radius 1 is 1.36 bits per heavy atom. The second kappa shape index (κ2) is 9.07. The Bertz CT molecular complexity index is 814. The van der Waals surface area contributed by atoms with E-state index in [9.17, 15) is 4.79 Å². The summed E-state index contributed by atoms with van der Waals surface area (Å²) in [6.07, 6.45) is 3.19. The van der Waals surface area contributed by atoms with E-state index in [1.807, 2.05) is 36.0 Å². The van der Waals surface area contributed by atoms with Crippen LogP contribution in [-0.2, 0) is 21.8 Å². The molecular weight excluding hydrogens is 392 g/mol. The number of imidazole rings is 1. The highest BCUT2D eigenvalue weighted by molar-refractivity contribution is 7.99. The van der Waals surface area contributed by atoms with Crippen molar-refractivity contribution >= 4 is 40.5 Å². The molecule has 1 unspecified atom stereocenters. The van der Waals surface area contributed by atoms with E-state index in [0.29, 0.717) is 13.1 Å². The van der Waals surface area contributed by atoms with Gasteiger partial charge in [0.1, 0.15) is 12.4 Å². The third-order valence-electron chi connectivity index (χ3n) is 5.69. The van der Waals surface area contributed by atoms with Gasteiger partial charge in [-0.2, -0.15) is 23.5 Å². The number of carbonyl (C=O) groups is 1. The van der Waals surface area contributed by atoms with E-state index in [4.69, 9.17) is 9.72 Å². The summed E-state index contributed by atoms with van der Waals surface area (Å²) in [6.45, 7) is 4.53. The molecule has 1 amide bonds. The number of rotatable bonds is 7. The molecule has 0 bridgehead atoms. The number of ether oxygens (including phenoxy) is 1. The van der Waals surface area contributed by atoms with Gasteiger partial charge in [0.05, 0.1) is 30.0 Å². The molecule has 1 N–H and O–H groups in total. The zero-order chi connectivity index (χ0) is 19.4. The Labute approximate surface area is 174 Å². The van der Waals surface area contributed by atoms with Crippen molar-refractivity contribution in [2.75, 3.05) is 50.6 Å². The number of nitrogens with zero attached hydrogens (tertiary/aromatic N) is 3. The Morgan fingerprint density at radius 2 is 2.18 bits per heavy atom. The van der Waals surface area contributed by atoms with Crippen LogP contribution < -0.4 is 5.32 Å². The first-order chi connectivity index (χ1) is 13.7. The van der Waals surface area contributed by atoms with Crippen molar-refractivity contribution < 1.29 is 9.53 Å². The molecule has 2 aromatic rings. The number of thioether (sulfide) groups is 2. The molecule has 0 saturated carbocycles. The molecule has 8 heteroatoms. The van der Waals surface area contributed by atoms with Crippen LogP contribution in [0.15, 0.2) is 24.3 Å². The van der Waals surface area contributed by atoms with Gasteiger partial charge in [-0.1, -0.05) is 12.1 Å². The Kier molecular flexibility index (Phi) is 6.50. The predicted octanol–water partition coefficient (Wildman–Crippen LogP) is 2.22. The summed E-state index contributed by atoms with van der Waals surface area (Å²) in [4.78, 5) is 20.1. The Balaban J connectivity index is 1.45. The average Bonchev–Trinajstić information content (AvgIpc) is 3.34. The van der Waals surface area contributed by atoms with Gasteiger partial charge in [0, 0.05) is 30.9 Å². The molecule has 6 nitrogen and oxygen atoms in total. The first kappa shape index (κ1) is 20.1. The van der Waals surface area contributed by atoms with Gasteiger partial charge in [-0.25, -0.2) is 4.98 Å². The van der Waals surface area contributed by atoms with E-state index < -0.39 is 0 Å². The second-order valence-electron chi connectivity index (χ2n) is 7.44. The van der Waals surface area contributed by atoms with Crippen molar-refractivity contribution in [3.63, 3.8) is 0 Å². The molecule has 0 radical (unpaired) electrons. The zero-order valence-corrected chi connectivity index (χ0v) is 18.0. The van der Waals surface area contributed by atoms with Crippen molar-refractivity contribution in [1.82, 2.24) is 19.8 Å². The minimum atomic E-state index is 0.0649. The standard InChI is InChI=1S/C20H28N4O2S2/c1-27-13-18-22-16-4-2-3-5-17(16)24(18)12-19(25)21-14-20(6-11-28-15-20)23-7-9-26-10-8-23/h2-5H,6-15H2,1H3,(H,21,25). The smallest absolute Gasteiger partial charge is 0.240 e. The van der Waals surface area contributed by atoms with Gasteiger partial charge in [-0.15, -0.1) is 0 Å². The maximum atomic E-state index is 12.9. The number of hydrogen-bond acceptors (Lipinski definition) is 6. The molecule has 1 aromatic carbocycles. The van der Waals surface area contributed by atoms with Crippen LogP contribution in [0.3, 0.4) is 0 Å². The van der Waals surface area contributed by atoms with Crippen LogP contribution in [0.5, 0.6) is 0 Å². The Hall–Kier alpha value is -1.22. The normalized spacial score (nSPS) is 23.3. The average molecular weight is 421 g/mol. The monoisotopic (exact) mass is 420 g/mol. The van der Waals surface area contributed by atoms with Gasteiger partial charge in [0.2, 0.25) is 5.91 Å². The fraction of sp³-hybridized carbons (Fsp3) is 0.600. The van der Waals surface area contributed by atoms with Gasteiger partial charge in [-0.05, 0) is 30.6 Å². The molecule has 1 aromatic heterocycles. The maximum Gasteiger partial charge on any atom is 0.240 e. The van der Waals surface area contributed by atoms with E-state index in [-0.39, 0.29) is 11.4 Å². The fourth-order valence-electron chi connectivity index (χ4n) is 4.14. The minimum absolute atomic E-state index is 0.0649. The first-order valence-corrected chi connectivity index (χ1v) is 12.4. The largest absolute Gasteiger partial charge is 0.379 e. The maximum absolute atomic E-state index is 12.9. The number of nitrogens with one attached hydrogen (secondary N) is 1. The first-order valence-electron chi connectivity index (χ1n) is 9.82. The number of hydrogen-bond donors (Lipinski definition) is 1. The van der Waals surface area contributed by atoms with Crippen LogP contribution >= 0.6 is 23.5 Å². The third-order valence-corrected chi connectivity index (χ3v) is 7.47. The number of aromatic nitrogens is 2. The van der Waals surface area contributed by atoms with Crippen molar-refractivity contribution in [2.45, 2.75) is 24.3 Å². The second-order valence-corrected chi connectivity index (χ2v) is 9.41. The summed E-state index contributed by atoms with van der Waals surface area (Å²) in [7, 11) is 0. The van der Waals surface area contributed by atoms with Crippen LogP contribution in [0.25, 0.3) is 11.0 Å². The Morgan fingerprint density at radius 3 is 2.93 bits per heavy atom. The van der Waals surface area contributed by atoms with Gasteiger partial charge < -0.3 is 14.6 Å². The summed E-state index contributed by atoms with van der Waals surface area (Å²) >= 11 is 3.72. The fourth-order valence-corrected chi connectivity index (χ4v) is 6.09. The summed E-state index contributed by atoms with van der Waals surface area (Å²) < 4.78 is 7.59. The van der Waals surface area contributed by atoms with Crippen LogP contribution in [0, 0.1) is 0 Å². The molecule has 2 saturated heterocycles. The van der Waals surface area contributed by atoms with Crippen molar-refractivity contribution in [3.8, 4) is 0 Å². The van der Waals surface area contributed by atoms with Crippen molar-refractivity contribution in [1.29, 1.82) is 0 Å². The van der Waals surface area contributed by atoms with Gasteiger partial charge in [-0.3, -0.25) is 9.69 Å². The summed E-state index contributed by atoms with van der Waals surface area (Å²) in [5.41, 5.74) is 2.06. The highest BCUT2D eigenvalue weighted by Gasteiger charge is 2.40. The van der Waals surface area contributed by atoms with Crippen LogP contribution in [0.2, 0.25) is 0 Å². The van der Waals surface area contributed by atoms with Crippen molar-refractivity contribution in [2.24, 2.45) is 0 Å². The lowest BCUT2D eigenvalue weighted by Crippen LogP contribution is -2.59. The van der Waals surface area contributed by atoms with Gasteiger partial charge in [0.25, 0.3) is 0 Å². The van der Waals surface area contributed by atoms with Gasteiger partial charge in [0.15, 0.2) is 0 Å². The van der Waals surface area contributed by atoms with E-state index in [1.165, 1.54) is 0 Å². The quantitative estimate of drug-likeness (QED) is 0.741. The molecule has 3 heterocycles. The SMILES string of the molecule is CSCc1nc2ccccc2n1CC(=O)NCC1(N2CCOCC2)CCSC1. The van der Waals surface area contributed by atoms with Crippen LogP contribution in [0.4, 0.5) is 0 Å². The number of amides is 1. The molecule has 1 atom stereocenters. The number of fused-ring (bicyclic) bond motifs is 1. The number of carbonyl (C=O) groups excluding carboxylic acids is 1. The predicted molar refractivity (Wildman–Crippen MR) is 117 cm³/mol. The molecule has 28 heavy (non-hydrogen) atoms. The molecule has 2 aliphatic heterocycles. The van der Waals surface area contributed by atoms with E-state index in [2.05, 4.69) is 21.0 Å². The molecule has 0 spiro atoms. The highest BCUT2D eigenvalue weighted by Crippen LogP contribution is 2.33. The summed E-state index contributed by atoms with van der Waals surface area (Å²) in [5.74, 6) is 4.07. The van der Waals surface area contributed by atoms with Crippen LogP contribution in [0.1, 0.15) is 12.2 Å². The lowest BCUT2D eigenvalue weighted by atomic mass is 9.95. The number of para-hydroxylation sites is 2. The van der Waals surface area contributed by atoms with E-state index >= 15 is 0 Å². The molecule has 0 aliphatic carbocycles. The van der Waals surface area contributed by atoms with Crippen molar-refractivity contribution in [3.05, 3.63) is 30.1 Å². The zero-order valence-electron chi connectivity index (χ0n) is 16.4. The van der Waals surface area contributed by atoms with E-state index in [0.717, 1.165) is 66.8 Å². The lowest BCUT2D eigenvalue weighted by molar-refractivity contribution is -0.122. The molecular formula is C20H28N4O2S2. The summed E-state index contributed by atoms with van der Waals surface area (Å²) in [5, 5.41) is 3.24. The topological polar surface area (TPSA) is 59.4 Å². The summed E-state index contributed by atoms with van der Waals surface area (Å²) in [6, 6.07) is 8.05.